The first kappa shape index (κ1) is 21.4. The minimum atomic E-state index is -3.86. The highest BCUT2D eigenvalue weighted by Crippen LogP contribution is 2.19. The maximum atomic E-state index is 12.5. The molecule has 0 radical (unpaired) electrons. The van der Waals surface area contributed by atoms with E-state index in [-0.39, 0.29) is 22.8 Å². The van der Waals surface area contributed by atoms with E-state index in [1.54, 1.807) is 45.0 Å². The van der Waals surface area contributed by atoms with Gasteiger partial charge in [-0.3, -0.25) is 9.52 Å². The van der Waals surface area contributed by atoms with Gasteiger partial charge in [-0.25, -0.2) is 13.2 Å². The molecule has 8 heteroatoms. The summed E-state index contributed by atoms with van der Waals surface area (Å²) in [4.78, 5) is 24.0. The topological polar surface area (TPSA) is 89.5 Å². The molecule has 6 nitrogen and oxygen atoms in total. The van der Waals surface area contributed by atoms with E-state index in [9.17, 15) is 18.0 Å². The number of carbonyl (C=O) groups excluding carboxylic acids is 2. The third kappa shape index (κ3) is 6.03. The summed E-state index contributed by atoms with van der Waals surface area (Å²) in [5, 5.41) is 0. The minimum Gasteiger partial charge on any atom is -0.454 e. The Labute approximate surface area is 172 Å². The van der Waals surface area contributed by atoms with Gasteiger partial charge in [-0.05, 0) is 65.1 Å². The number of esters is 1. The van der Waals surface area contributed by atoms with Crippen LogP contribution in [0.5, 0.6) is 0 Å². The van der Waals surface area contributed by atoms with Crippen LogP contribution in [0.2, 0.25) is 0 Å². The second-order valence-electron chi connectivity index (χ2n) is 6.89. The molecule has 0 saturated carbocycles. The second-order valence-corrected chi connectivity index (χ2v) is 9.82. The van der Waals surface area contributed by atoms with Crippen LogP contribution in [0.1, 0.15) is 31.1 Å². The average molecular weight is 501 g/mol. The number of Topliss-reactive ketones (excluding diaryl/α,β-unsaturated/α-hetero) is 1. The fourth-order valence-corrected chi connectivity index (χ4v) is 3.42. The zero-order valence-electron chi connectivity index (χ0n) is 15.2. The van der Waals surface area contributed by atoms with Crippen molar-refractivity contribution in [2.75, 3.05) is 11.3 Å². The number of hydrogen-bond donors (Lipinski definition) is 1. The largest absolute Gasteiger partial charge is 0.454 e. The highest BCUT2D eigenvalue weighted by atomic mass is 127. The zero-order valence-corrected chi connectivity index (χ0v) is 18.1. The van der Waals surface area contributed by atoms with Crippen LogP contribution in [0.25, 0.3) is 0 Å². The predicted octanol–water partition coefficient (Wildman–Crippen LogP) is 3.86. The van der Waals surface area contributed by atoms with E-state index in [0.29, 0.717) is 5.69 Å². The lowest BCUT2D eigenvalue weighted by atomic mass is 9.91. The van der Waals surface area contributed by atoms with Gasteiger partial charge in [-0.1, -0.05) is 26.8 Å². The predicted molar refractivity (Wildman–Crippen MR) is 111 cm³/mol. The van der Waals surface area contributed by atoms with Crippen molar-refractivity contribution in [1.29, 1.82) is 0 Å². The van der Waals surface area contributed by atoms with Crippen LogP contribution in [0.4, 0.5) is 5.69 Å². The van der Waals surface area contributed by atoms with Gasteiger partial charge in [0.05, 0.1) is 10.5 Å². The second kappa shape index (κ2) is 8.39. The van der Waals surface area contributed by atoms with E-state index in [0.717, 1.165) is 3.57 Å². The lowest BCUT2D eigenvalue weighted by molar-refractivity contribution is -0.129. The summed E-state index contributed by atoms with van der Waals surface area (Å²) in [6, 6.07) is 12.3. The van der Waals surface area contributed by atoms with Crippen LogP contribution in [-0.2, 0) is 19.6 Å². The molecule has 0 aliphatic rings. The van der Waals surface area contributed by atoms with Gasteiger partial charge in [0.1, 0.15) is 0 Å². The van der Waals surface area contributed by atoms with E-state index < -0.39 is 21.4 Å². The van der Waals surface area contributed by atoms with Gasteiger partial charge in [-0.15, -0.1) is 0 Å². The smallest absolute Gasteiger partial charge is 0.338 e. The molecule has 2 aromatic carbocycles. The van der Waals surface area contributed by atoms with Gasteiger partial charge >= 0.3 is 5.97 Å². The molecule has 0 aromatic heterocycles. The number of carbonyl (C=O) groups is 2. The Kier molecular flexibility index (Phi) is 6.63. The Morgan fingerprint density at radius 1 is 1.07 bits per heavy atom. The Hall–Kier alpha value is -1.94. The Balaban J connectivity index is 2.14. The van der Waals surface area contributed by atoms with Crippen molar-refractivity contribution in [3.63, 3.8) is 0 Å². The first-order chi connectivity index (χ1) is 12.5. The average Bonchev–Trinajstić information content (AvgIpc) is 2.60. The van der Waals surface area contributed by atoms with Crippen molar-refractivity contribution < 1.29 is 22.7 Å². The van der Waals surface area contributed by atoms with Crippen molar-refractivity contribution in [2.45, 2.75) is 25.7 Å². The fraction of sp³-hybridized carbons (Fsp3) is 0.263. The van der Waals surface area contributed by atoms with E-state index in [2.05, 4.69) is 27.3 Å². The summed E-state index contributed by atoms with van der Waals surface area (Å²) in [6.07, 6.45) is 0. The lowest BCUT2D eigenvalue weighted by Crippen LogP contribution is -2.26. The molecule has 27 heavy (non-hydrogen) atoms. The third-order valence-corrected chi connectivity index (χ3v) is 5.75. The fourth-order valence-electron chi connectivity index (χ4n) is 1.95. The van der Waals surface area contributed by atoms with Crippen LogP contribution in [-0.4, -0.2) is 26.8 Å². The quantitative estimate of drug-likeness (QED) is 0.480. The molecule has 0 heterocycles. The summed E-state index contributed by atoms with van der Waals surface area (Å²) < 4.78 is 33.5. The van der Waals surface area contributed by atoms with E-state index in [1.165, 1.54) is 24.3 Å². The van der Waals surface area contributed by atoms with Gasteiger partial charge in [0, 0.05) is 14.7 Å². The molecule has 0 spiro atoms. The highest BCUT2D eigenvalue weighted by Gasteiger charge is 2.23. The van der Waals surface area contributed by atoms with Gasteiger partial charge in [-0.2, -0.15) is 0 Å². The first-order valence-electron chi connectivity index (χ1n) is 8.08. The molecule has 0 bridgehead atoms. The summed E-state index contributed by atoms with van der Waals surface area (Å²) in [6.45, 7) is 4.83. The molecule has 0 aliphatic carbocycles. The van der Waals surface area contributed by atoms with Crippen LogP contribution in [0, 0.1) is 8.99 Å². The zero-order chi connectivity index (χ0) is 20.2. The van der Waals surface area contributed by atoms with Gasteiger partial charge in [0.25, 0.3) is 10.0 Å². The monoisotopic (exact) mass is 501 g/mol. The van der Waals surface area contributed by atoms with Crippen LogP contribution < -0.4 is 4.72 Å². The summed E-state index contributed by atoms with van der Waals surface area (Å²) in [7, 11) is -3.86. The molecule has 0 unspecified atom stereocenters. The summed E-state index contributed by atoms with van der Waals surface area (Å²) in [5.41, 5.74) is -0.149. The van der Waals surface area contributed by atoms with Crippen LogP contribution in [0.15, 0.2) is 53.4 Å². The maximum absolute atomic E-state index is 12.5. The first-order valence-corrected chi connectivity index (χ1v) is 10.6. The Bertz CT molecular complexity index is 947. The molecule has 2 aromatic rings. The number of hydrogen-bond acceptors (Lipinski definition) is 5. The summed E-state index contributed by atoms with van der Waals surface area (Å²) >= 11 is 2.12. The number of nitrogens with one attached hydrogen (secondary N) is 1. The van der Waals surface area contributed by atoms with Crippen LogP contribution >= 0.6 is 22.6 Å². The minimum absolute atomic E-state index is 0.0576. The molecular formula is C19H20INO5S. The Morgan fingerprint density at radius 3 is 2.30 bits per heavy atom. The number of rotatable bonds is 6. The molecule has 0 aliphatic heterocycles. The Morgan fingerprint density at radius 2 is 1.70 bits per heavy atom. The van der Waals surface area contributed by atoms with Crippen molar-refractivity contribution in [3.05, 3.63) is 57.7 Å². The van der Waals surface area contributed by atoms with Crippen molar-refractivity contribution in [1.82, 2.24) is 0 Å². The van der Waals surface area contributed by atoms with Gasteiger partial charge in [0.15, 0.2) is 12.4 Å². The van der Waals surface area contributed by atoms with E-state index >= 15 is 0 Å². The SMILES string of the molecule is CC(C)(C)C(=O)COC(=O)c1cccc(S(=O)(=O)Nc2ccc(I)cc2)c1. The van der Waals surface area contributed by atoms with Gasteiger partial charge in [0.2, 0.25) is 0 Å². The number of ketones is 1. The number of benzene rings is 2. The molecule has 2 rings (SSSR count). The number of ether oxygens (including phenoxy) is 1. The molecule has 0 fully saturated rings. The molecule has 0 saturated heterocycles. The van der Waals surface area contributed by atoms with E-state index in [1.807, 2.05) is 0 Å². The van der Waals surface area contributed by atoms with Crippen molar-refractivity contribution in [3.8, 4) is 0 Å². The number of anilines is 1. The van der Waals surface area contributed by atoms with E-state index in [4.69, 9.17) is 4.74 Å². The maximum Gasteiger partial charge on any atom is 0.338 e. The number of sulfonamides is 1. The lowest BCUT2D eigenvalue weighted by Gasteiger charge is -2.16. The molecule has 0 amide bonds. The third-order valence-electron chi connectivity index (χ3n) is 3.65. The molecule has 0 atom stereocenters. The van der Waals surface area contributed by atoms with Crippen LogP contribution in [0.3, 0.4) is 0 Å². The van der Waals surface area contributed by atoms with Crippen molar-refractivity contribution in [2.24, 2.45) is 5.41 Å². The highest BCUT2D eigenvalue weighted by molar-refractivity contribution is 14.1. The van der Waals surface area contributed by atoms with Crippen molar-refractivity contribution >= 4 is 50.1 Å². The normalized spacial score (nSPS) is 11.7. The number of halogens is 1. The van der Waals surface area contributed by atoms with Gasteiger partial charge < -0.3 is 4.74 Å². The standard InChI is InChI=1S/C19H20INO5S/c1-19(2,3)17(22)12-26-18(23)13-5-4-6-16(11-13)27(24,25)21-15-9-7-14(20)8-10-15/h4-11,21H,12H2,1-3H3. The molecular weight excluding hydrogens is 481 g/mol. The molecule has 1 N–H and O–H groups in total. The summed E-state index contributed by atoms with van der Waals surface area (Å²) in [5.74, 6) is -0.973. The molecule has 144 valence electrons.